The van der Waals surface area contributed by atoms with Gasteiger partial charge in [-0.05, 0) is 24.6 Å². The SMILES string of the molecule is C[C@@H](NC(=O)NCCNc1ccc([N+](=O)[O-])cc1)c1ccccc1. The van der Waals surface area contributed by atoms with Crippen LogP contribution < -0.4 is 16.0 Å². The van der Waals surface area contributed by atoms with Crippen LogP contribution in [0, 0.1) is 10.1 Å². The van der Waals surface area contributed by atoms with Crippen molar-refractivity contribution in [2.24, 2.45) is 0 Å². The number of amides is 2. The van der Waals surface area contributed by atoms with Gasteiger partial charge in [0.15, 0.2) is 0 Å². The van der Waals surface area contributed by atoms with Gasteiger partial charge < -0.3 is 16.0 Å². The number of carbonyl (C=O) groups excluding carboxylic acids is 1. The van der Waals surface area contributed by atoms with Gasteiger partial charge in [-0.1, -0.05) is 30.3 Å². The number of non-ortho nitro benzene ring substituents is 1. The molecule has 126 valence electrons. The monoisotopic (exact) mass is 328 g/mol. The van der Waals surface area contributed by atoms with Gasteiger partial charge >= 0.3 is 6.03 Å². The molecule has 1 atom stereocenters. The summed E-state index contributed by atoms with van der Waals surface area (Å²) in [6, 6.07) is 15.5. The summed E-state index contributed by atoms with van der Waals surface area (Å²) in [7, 11) is 0. The molecule has 0 saturated heterocycles. The van der Waals surface area contributed by atoms with E-state index in [1.54, 1.807) is 12.1 Å². The summed E-state index contributed by atoms with van der Waals surface area (Å²) in [6.07, 6.45) is 0. The average molecular weight is 328 g/mol. The molecule has 0 aliphatic rings. The Morgan fingerprint density at radius 1 is 1.08 bits per heavy atom. The van der Waals surface area contributed by atoms with Crippen molar-refractivity contribution in [3.63, 3.8) is 0 Å². The van der Waals surface area contributed by atoms with Crippen LogP contribution in [-0.2, 0) is 0 Å². The van der Waals surface area contributed by atoms with Gasteiger partial charge in [-0.2, -0.15) is 0 Å². The summed E-state index contributed by atoms with van der Waals surface area (Å²) in [5.74, 6) is 0. The molecule has 24 heavy (non-hydrogen) atoms. The predicted molar refractivity (Wildman–Crippen MR) is 93.0 cm³/mol. The number of nitrogens with zero attached hydrogens (tertiary/aromatic N) is 1. The number of anilines is 1. The van der Waals surface area contributed by atoms with Gasteiger partial charge in [-0.25, -0.2) is 4.79 Å². The molecule has 0 bridgehead atoms. The van der Waals surface area contributed by atoms with Crippen LogP contribution in [0.15, 0.2) is 54.6 Å². The molecule has 3 N–H and O–H groups in total. The van der Waals surface area contributed by atoms with Crippen LogP contribution in [0.3, 0.4) is 0 Å². The summed E-state index contributed by atoms with van der Waals surface area (Å²) in [4.78, 5) is 22.0. The summed E-state index contributed by atoms with van der Waals surface area (Å²) < 4.78 is 0. The third kappa shape index (κ3) is 5.28. The van der Waals surface area contributed by atoms with E-state index in [1.807, 2.05) is 37.3 Å². The normalized spacial score (nSPS) is 11.4. The molecule has 0 heterocycles. The van der Waals surface area contributed by atoms with Crippen molar-refractivity contribution in [1.82, 2.24) is 10.6 Å². The third-order valence-electron chi connectivity index (χ3n) is 3.46. The summed E-state index contributed by atoms with van der Waals surface area (Å²) in [5, 5.41) is 19.3. The minimum atomic E-state index is -0.441. The highest BCUT2D eigenvalue weighted by molar-refractivity contribution is 5.74. The first kappa shape index (κ1) is 17.3. The van der Waals surface area contributed by atoms with Gasteiger partial charge in [0.2, 0.25) is 0 Å². The molecule has 2 aromatic carbocycles. The number of urea groups is 1. The Balaban J connectivity index is 1.68. The van der Waals surface area contributed by atoms with E-state index in [1.165, 1.54) is 12.1 Å². The maximum atomic E-state index is 11.8. The molecule has 2 amide bonds. The van der Waals surface area contributed by atoms with E-state index in [-0.39, 0.29) is 17.8 Å². The van der Waals surface area contributed by atoms with E-state index in [0.717, 1.165) is 11.3 Å². The number of rotatable bonds is 7. The third-order valence-corrected chi connectivity index (χ3v) is 3.46. The molecule has 0 spiro atoms. The smallest absolute Gasteiger partial charge is 0.315 e. The topological polar surface area (TPSA) is 96.3 Å². The Labute approximate surface area is 140 Å². The Morgan fingerprint density at radius 3 is 2.38 bits per heavy atom. The van der Waals surface area contributed by atoms with Gasteiger partial charge in [0, 0.05) is 30.9 Å². The zero-order valence-corrected chi connectivity index (χ0v) is 13.4. The highest BCUT2D eigenvalue weighted by Crippen LogP contribution is 2.15. The number of nitro groups is 1. The van der Waals surface area contributed by atoms with Crippen molar-refractivity contribution in [2.45, 2.75) is 13.0 Å². The van der Waals surface area contributed by atoms with Gasteiger partial charge in [-0.3, -0.25) is 10.1 Å². The lowest BCUT2D eigenvalue weighted by molar-refractivity contribution is -0.384. The van der Waals surface area contributed by atoms with Crippen molar-refractivity contribution in [2.75, 3.05) is 18.4 Å². The number of carbonyl (C=O) groups is 1. The average Bonchev–Trinajstić information content (AvgIpc) is 2.60. The van der Waals surface area contributed by atoms with Crippen molar-refractivity contribution in [1.29, 1.82) is 0 Å². The molecule has 2 rings (SSSR count). The van der Waals surface area contributed by atoms with E-state index in [0.29, 0.717) is 13.1 Å². The van der Waals surface area contributed by atoms with Gasteiger partial charge in [0.1, 0.15) is 0 Å². The van der Waals surface area contributed by atoms with E-state index < -0.39 is 4.92 Å². The van der Waals surface area contributed by atoms with Crippen molar-refractivity contribution < 1.29 is 9.72 Å². The lowest BCUT2D eigenvalue weighted by Gasteiger charge is -2.15. The fourth-order valence-corrected chi connectivity index (χ4v) is 2.16. The van der Waals surface area contributed by atoms with Crippen LogP contribution in [0.2, 0.25) is 0 Å². The standard InChI is InChI=1S/C17H20N4O3/c1-13(14-5-3-2-4-6-14)20-17(22)19-12-11-18-15-7-9-16(10-8-15)21(23)24/h2-10,13,18H,11-12H2,1H3,(H2,19,20,22)/t13-/m1/s1. The molecule has 0 unspecified atom stereocenters. The molecule has 0 saturated carbocycles. The molecule has 7 heteroatoms. The van der Waals surface area contributed by atoms with Crippen molar-refractivity contribution in [3.8, 4) is 0 Å². The molecule has 7 nitrogen and oxygen atoms in total. The fraction of sp³-hybridized carbons (Fsp3) is 0.235. The number of benzene rings is 2. The number of nitro benzene ring substituents is 1. The first-order valence-corrected chi connectivity index (χ1v) is 7.64. The first-order valence-electron chi connectivity index (χ1n) is 7.64. The molecular weight excluding hydrogens is 308 g/mol. The Bertz CT molecular complexity index is 674. The van der Waals surface area contributed by atoms with E-state index in [4.69, 9.17) is 0 Å². The Hall–Kier alpha value is -3.09. The molecule has 0 aliphatic heterocycles. The lowest BCUT2D eigenvalue weighted by atomic mass is 10.1. The van der Waals surface area contributed by atoms with Crippen LogP contribution in [0.25, 0.3) is 0 Å². The van der Waals surface area contributed by atoms with E-state index >= 15 is 0 Å². The Morgan fingerprint density at radius 2 is 1.75 bits per heavy atom. The number of hydrogen-bond acceptors (Lipinski definition) is 4. The highest BCUT2D eigenvalue weighted by Gasteiger charge is 2.08. The quantitative estimate of drug-likeness (QED) is 0.413. The van der Waals surface area contributed by atoms with Gasteiger partial charge in [0.25, 0.3) is 5.69 Å². The maximum Gasteiger partial charge on any atom is 0.315 e. The summed E-state index contributed by atoms with van der Waals surface area (Å²) in [6.45, 7) is 2.87. The highest BCUT2D eigenvalue weighted by atomic mass is 16.6. The van der Waals surface area contributed by atoms with Crippen molar-refractivity contribution in [3.05, 3.63) is 70.3 Å². The van der Waals surface area contributed by atoms with E-state index in [9.17, 15) is 14.9 Å². The second-order valence-electron chi connectivity index (χ2n) is 5.26. The largest absolute Gasteiger partial charge is 0.383 e. The molecule has 0 fully saturated rings. The van der Waals surface area contributed by atoms with E-state index in [2.05, 4.69) is 16.0 Å². The maximum absolute atomic E-state index is 11.8. The molecule has 0 aromatic heterocycles. The Kier molecular flexibility index (Phi) is 6.13. The lowest BCUT2D eigenvalue weighted by Crippen LogP contribution is -2.39. The zero-order chi connectivity index (χ0) is 17.4. The zero-order valence-electron chi connectivity index (χ0n) is 13.4. The van der Waals surface area contributed by atoms with Crippen LogP contribution in [0.5, 0.6) is 0 Å². The molecule has 0 radical (unpaired) electrons. The van der Waals surface area contributed by atoms with Crippen LogP contribution >= 0.6 is 0 Å². The second-order valence-corrected chi connectivity index (χ2v) is 5.26. The van der Waals surface area contributed by atoms with Crippen LogP contribution in [-0.4, -0.2) is 24.0 Å². The molecule has 2 aromatic rings. The van der Waals surface area contributed by atoms with Crippen molar-refractivity contribution >= 4 is 17.4 Å². The summed E-state index contributed by atoms with van der Waals surface area (Å²) >= 11 is 0. The number of nitrogens with one attached hydrogen (secondary N) is 3. The fourth-order valence-electron chi connectivity index (χ4n) is 2.16. The minimum Gasteiger partial charge on any atom is -0.383 e. The van der Waals surface area contributed by atoms with Crippen LogP contribution in [0.4, 0.5) is 16.2 Å². The van der Waals surface area contributed by atoms with Gasteiger partial charge in [-0.15, -0.1) is 0 Å². The predicted octanol–water partition coefficient (Wildman–Crippen LogP) is 3.07. The number of hydrogen-bond donors (Lipinski definition) is 3. The second kappa shape index (κ2) is 8.52. The molecular formula is C17H20N4O3. The first-order chi connectivity index (χ1) is 11.6. The molecule has 0 aliphatic carbocycles. The summed E-state index contributed by atoms with van der Waals surface area (Å²) in [5.41, 5.74) is 1.85. The van der Waals surface area contributed by atoms with Crippen LogP contribution in [0.1, 0.15) is 18.5 Å². The minimum absolute atomic E-state index is 0.0490. The van der Waals surface area contributed by atoms with Gasteiger partial charge in [0.05, 0.1) is 11.0 Å².